The Kier molecular flexibility index (Phi) is 4.16. The average molecular weight is 367 g/mol. The van der Waals surface area contributed by atoms with E-state index in [4.69, 9.17) is 0 Å². The van der Waals surface area contributed by atoms with Crippen LogP contribution in [0.2, 0.25) is 0 Å². The summed E-state index contributed by atoms with van der Waals surface area (Å²) in [4.78, 5) is 4.20. The number of hydrogen-bond acceptors (Lipinski definition) is 4. The molecular weight excluding hydrogens is 355 g/mol. The van der Waals surface area contributed by atoms with Crippen LogP contribution in [0.3, 0.4) is 0 Å². The highest BCUT2D eigenvalue weighted by Crippen LogP contribution is 2.39. The van der Waals surface area contributed by atoms with Crippen LogP contribution < -0.4 is 4.18 Å². The largest absolute Gasteiger partial charge is 0.534 e. The van der Waals surface area contributed by atoms with Crippen molar-refractivity contribution in [3.05, 3.63) is 60.3 Å². The van der Waals surface area contributed by atoms with E-state index in [0.29, 0.717) is 16.6 Å². The van der Waals surface area contributed by atoms with E-state index in [2.05, 4.69) is 9.17 Å². The number of rotatable bonds is 3. The molecule has 8 heteroatoms. The number of aryl methyl sites for hydroxylation is 1. The molecule has 0 spiro atoms. The van der Waals surface area contributed by atoms with E-state index in [9.17, 15) is 21.6 Å². The summed E-state index contributed by atoms with van der Waals surface area (Å²) in [5.41, 5.74) is -4.29. The fourth-order valence-electron chi connectivity index (χ4n) is 2.48. The summed E-state index contributed by atoms with van der Waals surface area (Å²) in [5, 5.41) is 1.26. The zero-order valence-corrected chi connectivity index (χ0v) is 13.7. The minimum absolute atomic E-state index is 0.198. The minimum Gasteiger partial charge on any atom is -0.375 e. The van der Waals surface area contributed by atoms with Gasteiger partial charge in [0, 0.05) is 6.20 Å². The van der Waals surface area contributed by atoms with Crippen LogP contribution in [0.5, 0.6) is 5.75 Å². The summed E-state index contributed by atoms with van der Waals surface area (Å²) < 4.78 is 65.5. The second-order valence-corrected chi connectivity index (χ2v) is 6.85. The summed E-state index contributed by atoms with van der Waals surface area (Å²) in [7, 11) is -5.79. The molecule has 0 fully saturated rings. The molecule has 0 N–H and O–H groups in total. The van der Waals surface area contributed by atoms with Crippen molar-refractivity contribution in [2.75, 3.05) is 0 Å². The van der Waals surface area contributed by atoms with Crippen molar-refractivity contribution in [3.8, 4) is 17.0 Å². The zero-order chi connectivity index (χ0) is 18.2. The molecule has 25 heavy (non-hydrogen) atoms. The van der Waals surface area contributed by atoms with Gasteiger partial charge in [-0.15, -0.1) is 0 Å². The van der Waals surface area contributed by atoms with Gasteiger partial charge in [-0.1, -0.05) is 36.4 Å². The van der Waals surface area contributed by atoms with Gasteiger partial charge in [-0.25, -0.2) is 0 Å². The Hall–Kier alpha value is -2.61. The SMILES string of the molecule is Cc1cccnc1-c1c(OS(=O)(=O)C(F)(F)F)ccc2ccccc12. The molecule has 3 aromatic rings. The van der Waals surface area contributed by atoms with Crippen molar-refractivity contribution in [2.45, 2.75) is 12.4 Å². The summed E-state index contributed by atoms with van der Waals surface area (Å²) in [6.45, 7) is 1.73. The molecule has 0 amide bonds. The van der Waals surface area contributed by atoms with Gasteiger partial charge in [-0.2, -0.15) is 21.6 Å². The Balaban J connectivity index is 2.30. The second kappa shape index (κ2) is 6.03. The molecule has 0 atom stereocenters. The lowest BCUT2D eigenvalue weighted by molar-refractivity contribution is -0.0499. The molecule has 0 aliphatic rings. The summed E-state index contributed by atoms with van der Waals surface area (Å²) in [5.74, 6) is -0.419. The van der Waals surface area contributed by atoms with Crippen LogP contribution in [-0.4, -0.2) is 18.9 Å². The van der Waals surface area contributed by atoms with Crippen LogP contribution >= 0.6 is 0 Å². The zero-order valence-electron chi connectivity index (χ0n) is 12.9. The normalized spacial score (nSPS) is 12.3. The van der Waals surface area contributed by atoms with E-state index >= 15 is 0 Å². The van der Waals surface area contributed by atoms with Gasteiger partial charge in [0.25, 0.3) is 0 Å². The summed E-state index contributed by atoms with van der Waals surface area (Å²) >= 11 is 0. The first-order chi connectivity index (χ1) is 11.7. The van der Waals surface area contributed by atoms with Gasteiger partial charge in [-0.05, 0) is 35.4 Å². The minimum atomic E-state index is -5.79. The highest BCUT2D eigenvalue weighted by atomic mass is 32.2. The number of alkyl halides is 3. The first kappa shape index (κ1) is 17.2. The molecule has 0 saturated heterocycles. The van der Waals surface area contributed by atoms with E-state index in [-0.39, 0.29) is 5.56 Å². The molecule has 130 valence electrons. The van der Waals surface area contributed by atoms with Crippen molar-refractivity contribution in [3.63, 3.8) is 0 Å². The molecule has 0 aliphatic carbocycles. The molecule has 0 unspecified atom stereocenters. The topological polar surface area (TPSA) is 56.3 Å². The molecular formula is C17H12F3NO3S. The van der Waals surface area contributed by atoms with Crippen molar-refractivity contribution in [2.24, 2.45) is 0 Å². The molecule has 4 nitrogen and oxygen atoms in total. The van der Waals surface area contributed by atoms with Gasteiger partial charge in [-0.3, -0.25) is 4.98 Å². The van der Waals surface area contributed by atoms with Gasteiger partial charge in [0.1, 0.15) is 0 Å². The highest BCUT2D eigenvalue weighted by Gasteiger charge is 2.49. The van der Waals surface area contributed by atoms with E-state index < -0.39 is 21.4 Å². The first-order valence-electron chi connectivity index (χ1n) is 7.15. The predicted octanol–water partition coefficient (Wildman–Crippen LogP) is 4.44. The fraction of sp³-hybridized carbons (Fsp3) is 0.118. The van der Waals surface area contributed by atoms with Crippen LogP contribution in [0.25, 0.3) is 22.0 Å². The predicted molar refractivity (Wildman–Crippen MR) is 87.5 cm³/mol. The first-order valence-corrected chi connectivity index (χ1v) is 8.56. The van der Waals surface area contributed by atoms with Crippen molar-refractivity contribution in [1.29, 1.82) is 0 Å². The lowest BCUT2D eigenvalue weighted by Gasteiger charge is -2.16. The van der Waals surface area contributed by atoms with Gasteiger partial charge in [0.2, 0.25) is 0 Å². The highest BCUT2D eigenvalue weighted by molar-refractivity contribution is 7.88. The maximum absolute atomic E-state index is 12.7. The molecule has 1 heterocycles. The number of hydrogen-bond donors (Lipinski definition) is 0. The Morgan fingerprint density at radius 3 is 2.40 bits per heavy atom. The van der Waals surface area contributed by atoms with E-state index in [1.54, 1.807) is 43.3 Å². The molecule has 0 aliphatic heterocycles. The smallest absolute Gasteiger partial charge is 0.375 e. The maximum Gasteiger partial charge on any atom is 0.534 e. The van der Waals surface area contributed by atoms with Crippen molar-refractivity contribution >= 4 is 20.9 Å². The van der Waals surface area contributed by atoms with Crippen LogP contribution in [0, 0.1) is 6.92 Å². The van der Waals surface area contributed by atoms with Gasteiger partial charge >= 0.3 is 15.6 Å². The van der Waals surface area contributed by atoms with Crippen LogP contribution in [0.15, 0.2) is 54.7 Å². The van der Waals surface area contributed by atoms with Gasteiger partial charge < -0.3 is 4.18 Å². The Labute approximate surface area is 142 Å². The Bertz CT molecular complexity index is 1050. The molecule has 0 bridgehead atoms. The Morgan fingerprint density at radius 1 is 1.00 bits per heavy atom. The molecule has 3 rings (SSSR count). The van der Waals surface area contributed by atoms with Crippen LogP contribution in [0.1, 0.15) is 5.56 Å². The van der Waals surface area contributed by atoms with Crippen LogP contribution in [0.4, 0.5) is 13.2 Å². The third-order valence-corrected chi connectivity index (χ3v) is 4.59. The number of nitrogens with zero attached hydrogens (tertiary/aromatic N) is 1. The number of halogens is 3. The van der Waals surface area contributed by atoms with E-state index in [1.165, 1.54) is 18.3 Å². The standard InChI is InChI=1S/C17H12F3NO3S/c1-11-5-4-10-21-16(11)15-13-7-3-2-6-12(13)8-9-14(15)24-25(22,23)17(18,19)20/h2-10H,1H3. The van der Waals surface area contributed by atoms with Crippen molar-refractivity contribution < 1.29 is 25.8 Å². The number of benzene rings is 2. The third-order valence-electron chi connectivity index (χ3n) is 3.62. The molecule has 2 aromatic carbocycles. The maximum atomic E-state index is 12.7. The van der Waals surface area contributed by atoms with Crippen molar-refractivity contribution in [1.82, 2.24) is 4.98 Å². The average Bonchev–Trinajstić information content (AvgIpc) is 2.54. The second-order valence-electron chi connectivity index (χ2n) is 5.31. The van der Waals surface area contributed by atoms with Crippen LogP contribution in [-0.2, 0) is 10.1 Å². The number of aromatic nitrogens is 1. The molecule has 1 aromatic heterocycles. The van der Waals surface area contributed by atoms with E-state index in [1.807, 2.05) is 0 Å². The van der Waals surface area contributed by atoms with E-state index in [0.717, 1.165) is 5.39 Å². The number of pyridine rings is 1. The van der Waals surface area contributed by atoms with Gasteiger partial charge in [0.15, 0.2) is 5.75 Å². The quantitative estimate of drug-likeness (QED) is 0.507. The lowest BCUT2D eigenvalue weighted by Crippen LogP contribution is -2.28. The fourth-order valence-corrected chi connectivity index (χ4v) is 2.95. The number of fused-ring (bicyclic) bond motifs is 1. The molecule has 0 radical (unpaired) electrons. The summed E-state index contributed by atoms with van der Waals surface area (Å²) in [6, 6.07) is 13.0. The third kappa shape index (κ3) is 3.17. The Morgan fingerprint density at radius 2 is 1.72 bits per heavy atom. The lowest BCUT2D eigenvalue weighted by atomic mass is 9.98. The summed E-state index contributed by atoms with van der Waals surface area (Å²) in [6.07, 6.45) is 1.48. The monoisotopic (exact) mass is 367 g/mol. The molecule has 0 saturated carbocycles. The van der Waals surface area contributed by atoms with Gasteiger partial charge in [0.05, 0.1) is 11.3 Å².